The predicted octanol–water partition coefficient (Wildman–Crippen LogP) is 5.25. The maximum absolute atomic E-state index is 12.7. The number of amides is 1. The van der Waals surface area contributed by atoms with Crippen molar-refractivity contribution in [2.45, 2.75) is 0 Å². The molecule has 0 aliphatic heterocycles. The molecule has 132 valence electrons. The molecule has 0 radical (unpaired) electrons. The number of rotatable bonds is 5. The number of carbonyl (C=O) groups excluding carboxylic acids is 1. The molecule has 4 aromatic rings. The molecule has 2 aromatic heterocycles. The third kappa shape index (κ3) is 4.02. The lowest BCUT2D eigenvalue weighted by Gasteiger charge is -2.10. The standard InChI is InChI=1S/C21H15N3O2S/c25-20(24-21-23-18(14-27-21)15-7-6-12-22-13-15)17-10-4-5-11-19(17)26-16-8-2-1-3-9-16/h1-14H,(H,23,24,25). The van der Waals surface area contributed by atoms with E-state index in [9.17, 15) is 4.79 Å². The van der Waals surface area contributed by atoms with E-state index in [-0.39, 0.29) is 5.91 Å². The van der Waals surface area contributed by atoms with Gasteiger partial charge in [-0.3, -0.25) is 15.1 Å². The van der Waals surface area contributed by atoms with E-state index in [2.05, 4.69) is 15.3 Å². The highest BCUT2D eigenvalue weighted by Gasteiger charge is 2.15. The first kappa shape index (κ1) is 16.9. The van der Waals surface area contributed by atoms with Gasteiger partial charge >= 0.3 is 0 Å². The molecule has 0 saturated heterocycles. The Labute approximate surface area is 160 Å². The summed E-state index contributed by atoms with van der Waals surface area (Å²) in [7, 11) is 0. The monoisotopic (exact) mass is 373 g/mol. The highest BCUT2D eigenvalue weighted by molar-refractivity contribution is 7.14. The summed E-state index contributed by atoms with van der Waals surface area (Å²) in [4.78, 5) is 21.3. The lowest BCUT2D eigenvalue weighted by atomic mass is 10.2. The van der Waals surface area contributed by atoms with Crippen LogP contribution < -0.4 is 10.1 Å². The Hall–Kier alpha value is -3.51. The number of nitrogens with one attached hydrogen (secondary N) is 1. The first-order chi connectivity index (χ1) is 13.3. The van der Waals surface area contributed by atoms with Gasteiger partial charge in [0.25, 0.3) is 5.91 Å². The van der Waals surface area contributed by atoms with Crippen molar-refractivity contribution in [2.24, 2.45) is 0 Å². The van der Waals surface area contributed by atoms with Crippen LogP contribution in [0, 0.1) is 0 Å². The van der Waals surface area contributed by atoms with Crippen molar-refractivity contribution in [1.82, 2.24) is 9.97 Å². The molecule has 2 heterocycles. The number of thiazole rings is 1. The SMILES string of the molecule is O=C(Nc1nc(-c2cccnc2)cs1)c1ccccc1Oc1ccccc1. The summed E-state index contributed by atoms with van der Waals surface area (Å²) in [5.74, 6) is 0.893. The van der Waals surface area contributed by atoms with Crippen molar-refractivity contribution in [2.75, 3.05) is 5.32 Å². The smallest absolute Gasteiger partial charge is 0.261 e. The number of aromatic nitrogens is 2. The van der Waals surface area contributed by atoms with Crippen LogP contribution in [-0.4, -0.2) is 15.9 Å². The van der Waals surface area contributed by atoms with Crippen LogP contribution in [0.2, 0.25) is 0 Å². The predicted molar refractivity (Wildman–Crippen MR) is 106 cm³/mol. The number of hydrogen-bond donors (Lipinski definition) is 1. The molecule has 0 bridgehead atoms. The van der Waals surface area contributed by atoms with E-state index in [0.717, 1.165) is 11.3 Å². The Bertz CT molecular complexity index is 1050. The van der Waals surface area contributed by atoms with E-state index in [1.165, 1.54) is 11.3 Å². The molecule has 27 heavy (non-hydrogen) atoms. The molecule has 0 saturated carbocycles. The Balaban J connectivity index is 1.53. The summed E-state index contributed by atoms with van der Waals surface area (Å²) in [6.07, 6.45) is 3.45. The zero-order valence-electron chi connectivity index (χ0n) is 14.2. The molecular formula is C21H15N3O2S. The van der Waals surface area contributed by atoms with Gasteiger partial charge in [-0.1, -0.05) is 30.3 Å². The van der Waals surface area contributed by atoms with E-state index < -0.39 is 0 Å². The van der Waals surface area contributed by atoms with E-state index >= 15 is 0 Å². The molecule has 0 aliphatic carbocycles. The highest BCUT2D eigenvalue weighted by Crippen LogP contribution is 2.28. The van der Waals surface area contributed by atoms with Gasteiger partial charge in [0.05, 0.1) is 11.3 Å². The van der Waals surface area contributed by atoms with Gasteiger partial charge in [-0.2, -0.15) is 0 Å². The fourth-order valence-corrected chi connectivity index (χ4v) is 3.22. The minimum atomic E-state index is -0.270. The number of anilines is 1. The summed E-state index contributed by atoms with van der Waals surface area (Å²) in [5.41, 5.74) is 2.12. The van der Waals surface area contributed by atoms with Crippen LogP contribution in [0.5, 0.6) is 11.5 Å². The summed E-state index contributed by atoms with van der Waals surface area (Å²) in [5, 5.41) is 5.25. The summed E-state index contributed by atoms with van der Waals surface area (Å²) >= 11 is 1.37. The second kappa shape index (κ2) is 7.80. The summed E-state index contributed by atoms with van der Waals surface area (Å²) in [6.45, 7) is 0. The molecule has 5 nitrogen and oxygen atoms in total. The van der Waals surface area contributed by atoms with Gasteiger partial charge in [0.1, 0.15) is 11.5 Å². The Kier molecular flexibility index (Phi) is 4.89. The number of ether oxygens (including phenoxy) is 1. The van der Waals surface area contributed by atoms with Gasteiger partial charge in [0.2, 0.25) is 0 Å². The Morgan fingerprint density at radius 2 is 1.78 bits per heavy atom. The average Bonchev–Trinajstić information content (AvgIpc) is 3.18. The topological polar surface area (TPSA) is 64.1 Å². The molecule has 0 aliphatic rings. The quantitative estimate of drug-likeness (QED) is 0.519. The minimum absolute atomic E-state index is 0.270. The number of hydrogen-bond acceptors (Lipinski definition) is 5. The van der Waals surface area contributed by atoms with Crippen molar-refractivity contribution in [1.29, 1.82) is 0 Å². The second-order valence-corrected chi connectivity index (χ2v) is 6.50. The number of para-hydroxylation sites is 2. The Morgan fingerprint density at radius 1 is 0.963 bits per heavy atom. The van der Waals surface area contributed by atoms with E-state index in [0.29, 0.717) is 22.2 Å². The number of pyridine rings is 1. The molecule has 1 N–H and O–H groups in total. The molecule has 4 rings (SSSR count). The van der Waals surface area contributed by atoms with Crippen molar-refractivity contribution in [3.63, 3.8) is 0 Å². The van der Waals surface area contributed by atoms with Gasteiger partial charge in [0.15, 0.2) is 5.13 Å². The average molecular weight is 373 g/mol. The molecule has 2 aromatic carbocycles. The fraction of sp³-hybridized carbons (Fsp3) is 0. The first-order valence-corrected chi connectivity index (χ1v) is 9.17. The summed E-state index contributed by atoms with van der Waals surface area (Å²) in [6, 6.07) is 20.3. The molecule has 0 atom stereocenters. The maximum atomic E-state index is 12.7. The van der Waals surface area contributed by atoms with Gasteiger partial charge in [-0.05, 0) is 36.4 Å². The zero-order valence-corrected chi connectivity index (χ0v) is 15.0. The van der Waals surface area contributed by atoms with Crippen LogP contribution in [0.15, 0.2) is 84.5 Å². The van der Waals surface area contributed by atoms with Crippen LogP contribution in [0.25, 0.3) is 11.3 Å². The van der Waals surface area contributed by atoms with Gasteiger partial charge in [-0.25, -0.2) is 4.98 Å². The van der Waals surface area contributed by atoms with Crippen LogP contribution in [0.1, 0.15) is 10.4 Å². The molecule has 0 spiro atoms. The number of benzene rings is 2. The van der Waals surface area contributed by atoms with Crippen LogP contribution >= 0.6 is 11.3 Å². The lowest BCUT2D eigenvalue weighted by Crippen LogP contribution is -2.12. The molecule has 0 fully saturated rings. The second-order valence-electron chi connectivity index (χ2n) is 5.64. The van der Waals surface area contributed by atoms with E-state index in [4.69, 9.17) is 4.74 Å². The maximum Gasteiger partial charge on any atom is 0.261 e. The third-order valence-electron chi connectivity index (χ3n) is 3.78. The number of carbonyl (C=O) groups is 1. The van der Waals surface area contributed by atoms with Crippen molar-refractivity contribution in [3.05, 3.63) is 90.1 Å². The largest absolute Gasteiger partial charge is 0.457 e. The van der Waals surface area contributed by atoms with Crippen molar-refractivity contribution in [3.8, 4) is 22.8 Å². The highest BCUT2D eigenvalue weighted by atomic mass is 32.1. The molecular weight excluding hydrogens is 358 g/mol. The van der Waals surface area contributed by atoms with Crippen molar-refractivity contribution >= 4 is 22.4 Å². The third-order valence-corrected chi connectivity index (χ3v) is 4.54. The van der Waals surface area contributed by atoms with E-state index in [1.807, 2.05) is 53.9 Å². The van der Waals surface area contributed by atoms with Crippen LogP contribution in [0.4, 0.5) is 5.13 Å². The van der Waals surface area contributed by atoms with Gasteiger partial charge < -0.3 is 4.74 Å². The van der Waals surface area contributed by atoms with Crippen LogP contribution in [0.3, 0.4) is 0 Å². The minimum Gasteiger partial charge on any atom is -0.457 e. The molecule has 6 heteroatoms. The lowest BCUT2D eigenvalue weighted by molar-refractivity contribution is 0.102. The molecule has 0 unspecified atom stereocenters. The van der Waals surface area contributed by atoms with Gasteiger partial charge in [-0.15, -0.1) is 11.3 Å². The summed E-state index contributed by atoms with van der Waals surface area (Å²) < 4.78 is 5.86. The van der Waals surface area contributed by atoms with Crippen molar-refractivity contribution < 1.29 is 9.53 Å². The zero-order chi connectivity index (χ0) is 18.5. The van der Waals surface area contributed by atoms with Gasteiger partial charge in [0, 0.05) is 23.3 Å². The first-order valence-electron chi connectivity index (χ1n) is 8.29. The van der Waals surface area contributed by atoms with E-state index in [1.54, 1.807) is 30.6 Å². The molecule has 1 amide bonds. The Morgan fingerprint density at radius 3 is 2.59 bits per heavy atom. The normalized spacial score (nSPS) is 10.4. The fourth-order valence-electron chi connectivity index (χ4n) is 2.50. The number of nitrogens with zero attached hydrogens (tertiary/aromatic N) is 2. The van der Waals surface area contributed by atoms with Crippen LogP contribution in [-0.2, 0) is 0 Å².